The second-order valence-corrected chi connectivity index (χ2v) is 6.44. The van der Waals surface area contributed by atoms with E-state index in [9.17, 15) is 9.18 Å². The third-order valence-corrected chi connectivity index (χ3v) is 5.41. The normalized spacial score (nSPS) is 35.2. The number of hydrogen-bond acceptors (Lipinski definition) is 3. The number of amides is 1. The van der Waals surface area contributed by atoms with Gasteiger partial charge in [-0.2, -0.15) is 5.26 Å². The van der Waals surface area contributed by atoms with Crippen LogP contribution in [0.3, 0.4) is 0 Å². The molecule has 3 aliphatic rings. The summed E-state index contributed by atoms with van der Waals surface area (Å²) in [5.41, 5.74) is 5.22. The predicted octanol–water partition coefficient (Wildman–Crippen LogP) is 1.87. The summed E-state index contributed by atoms with van der Waals surface area (Å²) in [6.45, 7) is 3.43. The summed E-state index contributed by atoms with van der Waals surface area (Å²) in [5, 5.41) is 9.17. The largest absolute Gasteiger partial charge is 0.322 e. The SMILES string of the molecule is C=C(F)C1([C@H](N)C(=O)N2C(C#N)CC3CC32)CCCC1. The molecule has 0 aromatic heterocycles. The van der Waals surface area contributed by atoms with E-state index in [1.54, 1.807) is 4.90 Å². The Morgan fingerprint density at radius 1 is 1.45 bits per heavy atom. The van der Waals surface area contributed by atoms with E-state index >= 15 is 0 Å². The third-order valence-electron chi connectivity index (χ3n) is 5.41. The van der Waals surface area contributed by atoms with Crippen LogP contribution in [0, 0.1) is 22.7 Å². The molecule has 5 heteroatoms. The molecule has 1 saturated heterocycles. The van der Waals surface area contributed by atoms with Gasteiger partial charge in [0.1, 0.15) is 11.9 Å². The predicted molar refractivity (Wildman–Crippen MR) is 71.9 cm³/mol. The number of rotatable bonds is 3. The molecule has 1 heterocycles. The Morgan fingerprint density at radius 2 is 2.10 bits per heavy atom. The molecule has 20 heavy (non-hydrogen) atoms. The highest BCUT2D eigenvalue weighted by Gasteiger charge is 2.57. The second-order valence-electron chi connectivity index (χ2n) is 6.44. The standard InChI is InChI=1S/C15H20FN3O/c1-9(16)15(4-2-3-5-15)13(18)14(20)19-11(8-17)6-10-7-12(10)19/h10-13H,1-7,18H2/t10?,11?,12?,13-/m1/s1. The summed E-state index contributed by atoms with van der Waals surface area (Å²) in [7, 11) is 0. The fraction of sp³-hybridized carbons (Fsp3) is 0.733. The van der Waals surface area contributed by atoms with Crippen molar-refractivity contribution in [3.05, 3.63) is 12.4 Å². The average Bonchev–Trinajstić information content (AvgIpc) is 2.91. The molecule has 1 aliphatic heterocycles. The maximum absolute atomic E-state index is 13.9. The highest BCUT2D eigenvalue weighted by Crippen LogP contribution is 2.51. The molecule has 0 aromatic rings. The van der Waals surface area contributed by atoms with Crippen molar-refractivity contribution in [1.29, 1.82) is 5.26 Å². The minimum Gasteiger partial charge on any atom is -0.322 e. The van der Waals surface area contributed by atoms with E-state index in [1.165, 1.54) is 0 Å². The van der Waals surface area contributed by atoms with Crippen LogP contribution in [0.5, 0.6) is 0 Å². The lowest BCUT2D eigenvalue weighted by Crippen LogP contribution is -2.54. The van der Waals surface area contributed by atoms with Crippen LogP contribution in [0.25, 0.3) is 0 Å². The third kappa shape index (κ3) is 1.78. The van der Waals surface area contributed by atoms with Crippen LogP contribution >= 0.6 is 0 Å². The number of fused-ring (bicyclic) bond motifs is 1. The lowest BCUT2D eigenvalue weighted by molar-refractivity contribution is -0.136. The van der Waals surface area contributed by atoms with Crippen molar-refractivity contribution < 1.29 is 9.18 Å². The van der Waals surface area contributed by atoms with E-state index in [1.807, 2.05) is 0 Å². The lowest BCUT2D eigenvalue weighted by atomic mass is 9.77. The van der Waals surface area contributed by atoms with Crippen LogP contribution in [0.15, 0.2) is 12.4 Å². The van der Waals surface area contributed by atoms with Crippen molar-refractivity contribution >= 4 is 5.91 Å². The number of nitriles is 1. The van der Waals surface area contributed by atoms with E-state index in [4.69, 9.17) is 11.0 Å². The maximum atomic E-state index is 13.9. The topological polar surface area (TPSA) is 70.1 Å². The molecule has 2 N–H and O–H groups in total. The second kappa shape index (κ2) is 4.56. The van der Waals surface area contributed by atoms with Gasteiger partial charge in [0, 0.05) is 11.5 Å². The number of nitrogens with zero attached hydrogens (tertiary/aromatic N) is 2. The van der Waals surface area contributed by atoms with Gasteiger partial charge in [-0.3, -0.25) is 4.79 Å². The molecule has 3 fully saturated rings. The molecule has 2 aliphatic carbocycles. The van der Waals surface area contributed by atoms with Crippen LogP contribution < -0.4 is 5.73 Å². The average molecular weight is 277 g/mol. The van der Waals surface area contributed by atoms with Gasteiger partial charge >= 0.3 is 0 Å². The highest BCUT2D eigenvalue weighted by molar-refractivity contribution is 5.85. The first-order valence-corrected chi connectivity index (χ1v) is 7.33. The first-order valence-electron chi connectivity index (χ1n) is 7.33. The number of nitrogens with two attached hydrogens (primary N) is 1. The summed E-state index contributed by atoms with van der Waals surface area (Å²) in [5.74, 6) is -0.290. The minimum atomic E-state index is -0.913. The van der Waals surface area contributed by atoms with Gasteiger partial charge in [-0.15, -0.1) is 0 Å². The summed E-state index contributed by atoms with van der Waals surface area (Å²) < 4.78 is 13.9. The number of carbonyl (C=O) groups is 1. The fourth-order valence-electron chi connectivity index (χ4n) is 4.04. The van der Waals surface area contributed by atoms with Gasteiger partial charge in [0.15, 0.2) is 0 Å². The quantitative estimate of drug-likeness (QED) is 0.856. The van der Waals surface area contributed by atoms with Gasteiger partial charge in [-0.1, -0.05) is 19.4 Å². The summed E-state index contributed by atoms with van der Waals surface area (Å²) in [6.07, 6.45) is 4.60. The highest BCUT2D eigenvalue weighted by atomic mass is 19.1. The van der Waals surface area contributed by atoms with Gasteiger partial charge in [0.25, 0.3) is 0 Å². The molecule has 3 unspecified atom stereocenters. The maximum Gasteiger partial charge on any atom is 0.241 e. The van der Waals surface area contributed by atoms with Gasteiger partial charge < -0.3 is 10.6 Å². The Morgan fingerprint density at radius 3 is 2.65 bits per heavy atom. The van der Waals surface area contributed by atoms with Crippen molar-refractivity contribution in [3.63, 3.8) is 0 Å². The molecule has 0 bridgehead atoms. The van der Waals surface area contributed by atoms with Gasteiger partial charge in [0.2, 0.25) is 5.91 Å². The molecular formula is C15H20FN3O. The number of piperidine rings is 1. The Labute approximate surface area is 118 Å². The molecule has 1 amide bonds. The molecule has 4 atom stereocenters. The zero-order chi connectivity index (χ0) is 14.5. The number of likely N-dealkylation sites (tertiary alicyclic amines) is 1. The molecule has 4 nitrogen and oxygen atoms in total. The number of carbonyl (C=O) groups excluding carboxylic acids is 1. The summed E-state index contributed by atoms with van der Waals surface area (Å²) in [6, 6.07) is 1.04. The van der Waals surface area contributed by atoms with Gasteiger partial charge in [0.05, 0.1) is 12.1 Å². The number of halogens is 1. The van der Waals surface area contributed by atoms with E-state index in [2.05, 4.69) is 12.6 Å². The molecule has 0 aromatic carbocycles. The molecule has 2 saturated carbocycles. The van der Waals surface area contributed by atoms with E-state index in [0.29, 0.717) is 18.8 Å². The van der Waals surface area contributed by atoms with Gasteiger partial charge in [-0.05, 0) is 31.6 Å². The Bertz CT molecular complexity index is 492. The van der Waals surface area contributed by atoms with Crippen molar-refractivity contribution in [2.75, 3.05) is 0 Å². The van der Waals surface area contributed by atoms with E-state index in [0.717, 1.165) is 25.7 Å². The van der Waals surface area contributed by atoms with Crippen molar-refractivity contribution in [3.8, 4) is 6.07 Å². The molecule has 0 spiro atoms. The lowest BCUT2D eigenvalue weighted by Gasteiger charge is -2.36. The first kappa shape index (κ1) is 13.6. The zero-order valence-electron chi connectivity index (χ0n) is 11.5. The number of hydrogen-bond donors (Lipinski definition) is 1. The molecule has 3 rings (SSSR count). The van der Waals surface area contributed by atoms with E-state index in [-0.39, 0.29) is 18.0 Å². The Balaban J connectivity index is 1.83. The smallest absolute Gasteiger partial charge is 0.241 e. The van der Waals surface area contributed by atoms with Crippen LogP contribution in [-0.2, 0) is 4.79 Å². The summed E-state index contributed by atoms with van der Waals surface area (Å²) >= 11 is 0. The minimum absolute atomic E-state index is 0.157. The van der Waals surface area contributed by atoms with Crippen LogP contribution in [-0.4, -0.2) is 28.9 Å². The van der Waals surface area contributed by atoms with Gasteiger partial charge in [-0.25, -0.2) is 4.39 Å². The monoisotopic (exact) mass is 277 g/mol. The van der Waals surface area contributed by atoms with Crippen LogP contribution in [0.2, 0.25) is 0 Å². The Kier molecular flexibility index (Phi) is 3.09. The Hall–Kier alpha value is -1.41. The summed E-state index contributed by atoms with van der Waals surface area (Å²) in [4.78, 5) is 14.3. The first-order chi connectivity index (χ1) is 9.51. The molecular weight excluding hydrogens is 257 g/mol. The molecule has 0 radical (unpaired) electrons. The van der Waals surface area contributed by atoms with Crippen LogP contribution in [0.4, 0.5) is 4.39 Å². The van der Waals surface area contributed by atoms with Crippen LogP contribution in [0.1, 0.15) is 38.5 Å². The van der Waals surface area contributed by atoms with Crippen molar-refractivity contribution in [2.24, 2.45) is 17.1 Å². The molecule has 108 valence electrons. The fourth-order valence-corrected chi connectivity index (χ4v) is 4.04. The zero-order valence-corrected chi connectivity index (χ0v) is 11.5. The van der Waals surface area contributed by atoms with Crippen molar-refractivity contribution in [2.45, 2.75) is 56.7 Å². The van der Waals surface area contributed by atoms with Crippen molar-refractivity contribution in [1.82, 2.24) is 4.90 Å². The van der Waals surface area contributed by atoms with E-state index < -0.39 is 17.3 Å².